The second-order valence-electron chi connectivity index (χ2n) is 6.07. The zero-order valence-electron chi connectivity index (χ0n) is 13.4. The van der Waals surface area contributed by atoms with Crippen LogP contribution in [-0.2, 0) is 14.8 Å². The number of ether oxygens (including phenoxy) is 1. The van der Waals surface area contributed by atoms with Crippen LogP contribution in [-0.4, -0.2) is 15.0 Å². The van der Waals surface area contributed by atoms with Crippen molar-refractivity contribution in [1.29, 1.82) is 0 Å². The van der Waals surface area contributed by atoms with Crippen molar-refractivity contribution in [3.8, 4) is 22.3 Å². The van der Waals surface area contributed by atoms with Crippen LogP contribution in [0.25, 0.3) is 22.3 Å². The first kappa shape index (κ1) is 16.0. The molecule has 0 aromatic heterocycles. The average molecular weight is 351 g/mol. The SMILES string of the molecule is NS(=O)(=O)c1ccc(-c2ccccc2)c(-c2cccc(C3CO3)c2)c1. The molecule has 4 nitrogen and oxygen atoms in total. The van der Waals surface area contributed by atoms with Gasteiger partial charge in [-0.25, -0.2) is 13.6 Å². The second-order valence-corrected chi connectivity index (χ2v) is 7.63. The molecule has 0 spiro atoms. The van der Waals surface area contributed by atoms with Gasteiger partial charge in [0.05, 0.1) is 11.5 Å². The zero-order chi connectivity index (χ0) is 17.4. The summed E-state index contributed by atoms with van der Waals surface area (Å²) in [6, 6.07) is 22.9. The Morgan fingerprint density at radius 2 is 1.56 bits per heavy atom. The first-order chi connectivity index (χ1) is 12.0. The Bertz CT molecular complexity index is 1030. The third-order valence-electron chi connectivity index (χ3n) is 4.31. The molecular weight excluding hydrogens is 334 g/mol. The van der Waals surface area contributed by atoms with Gasteiger partial charge in [-0.05, 0) is 46.0 Å². The summed E-state index contributed by atoms with van der Waals surface area (Å²) in [6.07, 6.45) is 0.140. The van der Waals surface area contributed by atoms with Gasteiger partial charge in [-0.2, -0.15) is 0 Å². The van der Waals surface area contributed by atoms with E-state index in [2.05, 4.69) is 0 Å². The van der Waals surface area contributed by atoms with E-state index >= 15 is 0 Å². The Morgan fingerprint density at radius 3 is 2.24 bits per heavy atom. The van der Waals surface area contributed by atoms with E-state index in [4.69, 9.17) is 9.88 Å². The summed E-state index contributed by atoms with van der Waals surface area (Å²) in [5.41, 5.74) is 4.85. The van der Waals surface area contributed by atoms with E-state index < -0.39 is 10.0 Å². The van der Waals surface area contributed by atoms with Gasteiger partial charge in [0.1, 0.15) is 6.10 Å². The van der Waals surface area contributed by atoms with Crippen LogP contribution in [0.4, 0.5) is 0 Å². The van der Waals surface area contributed by atoms with E-state index in [0.717, 1.165) is 34.4 Å². The molecule has 4 rings (SSSR count). The molecule has 1 aliphatic heterocycles. The lowest BCUT2D eigenvalue weighted by molar-refractivity contribution is 0.415. The lowest BCUT2D eigenvalue weighted by atomic mass is 9.93. The van der Waals surface area contributed by atoms with Crippen molar-refractivity contribution in [1.82, 2.24) is 0 Å². The summed E-state index contributed by atoms with van der Waals surface area (Å²) >= 11 is 0. The van der Waals surface area contributed by atoms with Gasteiger partial charge in [0.2, 0.25) is 10.0 Å². The van der Waals surface area contributed by atoms with Crippen molar-refractivity contribution in [2.24, 2.45) is 5.14 Å². The average Bonchev–Trinajstić information content (AvgIpc) is 3.46. The summed E-state index contributed by atoms with van der Waals surface area (Å²) in [5.74, 6) is 0. The topological polar surface area (TPSA) is 72.7 Å². The number of primary sulfonamides is 1. The van der Waals surface area contributed by atoms with Gasteiger partial charge in [-0.15, -0.1) is 0 Å². The molecule has 3 aromatic rings. The Balaban J connectivity index is 1.92. The van der Waals surface area contributed by atoms with Gasteiger partial charge in [-0.3, -0.25) is 0 Å². The summed E-state index contributed by atoms with van der Waals surface area (Å²) in [5, 5.41) is 5.33. The van der Waals surface area contributed by atoms with E-state index in [1.165, 1.54) is 0 Å². The van der Waals surface area contributed by atoms with Gasteiger partial charge in [0, 0.05) is 0 Å². The molecule has 0 bridgehead atoms. The number of hydrogen-bond acceptors (Lipinski definition) is 3. The molecule has 1 saturated heterocycles. The van der Waals surface area contributed by atoms with E-state index in [1.54, 1.807) is 12.1 Å². The molecule has 25 heavy (non-hydrogen) atoms. The fourth-order valence-corrected chi connectivity index (χ4v) is 3.50. The Labute approximate surface area is 146 Å². The fraction of sp³-hybridized carbons (Fsp3) is 0.100. The van der Waals surface area contributed by atoms with Gasteiger partial charge < -0.3 is 4.74 Å². The Hall–Kier alpha value is -2.47. The molecule has 1 heterocycles. The number of epoxide rings is 1. The van der Waals surface area contributed by atoms with Crippen LogP contribution in [0.2, 0.25) is 0 Å². The third kappa shape index (κ3) is 3.35. The molecular formula is C20H17NO3S. The minimum atomic E-state index is -3.77. The summed E-state index contributed by atoms with van der Waals surface area (Å²) in [4.78, 5) is 0.107. The lowest BCUT2D eigenvalue weighted by Gasteiger charge is -2.13. The molecule has 1 unspecified atom stereocenters. The molecule has 0 aliphatic carbocycles. The van der Waals surface area contributed by atoms with Crippen LogP contribution in [0.15, 0.2) is 77.7 Å². The minimum Gasteiger partial charge on any atom is -0.368 e. The van der Waals surface area contributed by atoms with Gasteiger partial charge >= 0.3 is 0 Å². The van der Waals surface area contributed by atoms with Crippen molar-refractivity contribution >= 4 is 10.0 Å². The van der Waals surface area contributed by atoms with Crippen LogP contribution >= 0.6 is 0 Å². The highest BCUT2D eigenvalue weighted by atomic mass is 32.2. The Kier molecular flexibility index (Phi) is 3.92. The molecule has 3 aromatic carbocycles. The van der Waals surface area contributed by atoms with Gasteiger partial charge in [-0.1, -0.05) is 54.6 Å². The number of sulfonamides is 1. The molecule has 5 heteroatoms. The van der Waals surface area contributed by atoms with E-state index in [9.17, 15) is 8.42 Å². The molecule has 2 N–H and O–H groups in total. The van der Waals surface area contributed by atoms with Crippen LogP contribution in [0.5, 0.6) is 0 Å². The second kappa shape index (κ2) is 6.11. The molecule has 0 amide bonds. The predicted octanol–water partition coefficient (Wildman–Crippen LogP) is 3.74. The highest BCUT2D eigenvalue weighted by Gasteiger charge is 2.25. The molecule has 126 valence electrons. The van der Waals surface area contributed by atoms with E-state index in [0.29, 0.717) is 0 Å². The minimum absolute atomic E-state index is 0.107. The first-order valence-corrected chi connectivity index (χ1v) is 9.51. The van der Waals surface area contributed by atoms with Crippen molar-refractivity contribution < 1.29 is 13.2 Å². The largest absolute Gasteiger partial charge is 0.368 e. The maximum absolute atomic E-state index is 11.8. The monoisotopic (exact) mass is 351 g/mol. The van der Waals surface area contributed by atoms with Gasteiger partial charge in [0.15, 0.2) is 0 Å². The first-order valence-electron chi connectivity index (χ1n) is 7.96. The van der Waals surface area contributed by atoms with E-state index in [1.807, 2.05) is 60.7 Å². The van der Waals surface area contributed by atoms with Crippen LogP contribution in [0.1, 0.15) is 11.7 Å². The lowest BCUT2D eigenvalue weighted by Crippen LogP contribution is -2.12. The van der Waals surface area contributed by atoms with E-state index in [-0.39, 0.29) is 11.0 Å². The maximum Gasteiger partial charge on any atom is 0.238 e. The smallest absolute Gasteiger partial charge is 0.238 e. The van der Waals surface area contributed by atoms with Crippen LogP contribution in [0, 0.1) is 0 Å². The summed E-state index contributed by atoms with van der Waals surface area (Å²) < 4.78 is 29.0. The highest BCUT2D eigenvalue weighted by Crippen LogP contribution is 2.37. The van der Waals surface area contributed by atoms with Crippen molar-refractivity contribution in [2.45, 2.75) is 11.0 Å². The molecule has 1 fully saturated rings. The van der Waals surface area contributed by atoms with Crippen molar-refractivity contribution in [3.63, 3.8) is 0 Å². The van der Waals surface area contributed by atoms with Gasteiger partial charge in [0.25, 0.3) is 0 Å². The molecule has 0 saturated carbocycles. The van der Waals surface area contributed by atoms with Crippen molar-refractivity contribution in [3.05, 3.63) is 78.4 Å². The van der Waals surface area contributed by atoms with Crippen LogP contribution < -0.4 is 5.14 Å². The number of hydrogen-bond donors (Lipinski definition) is 1. The van der Waals surface area contributed by atoms with Crippen LogP contribution in [0.3, 0.4) is 0 Å². The third-order valence-corrected chi connectivity index (χ3v) is 5.22. The predicted molar refractivity (Wildman–Crippen MR) is 97.4 cm³/mol. The molecule has 1 atom stereocenters. The maximum atomic E-state index is 11.8. The summed E-state index contributed by atoms with van der Waals surface area (Å²) in [6.45, 7) is 0.728. The zero-order valence-corrected chi connectivity index (χ0v) is 14.2. The molecule has 1 aliphatic rings. The normalized spacial score (nSPS) is 16.6. The number of benzene rings is 3. The fourth-order valence-electron chi connectivity index (χ4n) is 2.96. The number of nitrogens with two attached hydrogens (primary N) is 1. The molecule has 0 radical (unpaired) electrons. The highest BCUT2D eigenvalue weighted by molar-refractivity contribution is 7.89. The Morgan fingerprint density at radius 1 is 0.840 bits per heavy atom. The van der Waals surface area contributed by atoms with Crippen molar-refractivity contribution in [2.75, 3.05) is 6.61 Å². The summed E-state index contributed by atoms with van der Waals surface area (Å²) in [7, 11) is -3.77. The standard InChI is InChI=1S/C20H17NO3S/c21-25(22,23)17-9-10-18(14-5-2-1-3-6-14)19(12-17)15-7-4-8-16(11-15)20-13-24-20/h1-12,20H,13H2,(H2,21,22,23). The quantitative estimate of drug-likeness (QED) is 0.728. The number of rotatable bonds is 4.